The lowest BCUT2D eigenvalue weighted by Gasteiger charge is -2.16. The van der Waals surface area contributed by atoms with Crippen molar-refractivity contribution >= 4 is 23.1 Å². The number of aromatic nitrogens is 3. The zero-order chi connectivity index (χ0) is 20.5. The van der Waals surface area contributed by atoms with E-state index in [1.807, 2.05) is 50.2 Å². The van der Waals surface area contributed by atoms with Crippen LogP contribution < -0.4 is 5.56 Å². The molecule has 144 valence electrons. The fourth-order valence-electron chi connectivity index (χ4n) is 3.51. The van der Waals surface area contributed by atoms with Gasteiger partial charge in [0.25, 0.3) is 5.56 Å². The van der Waals surface area contributed by atoms with Crippen LogP contribution in [0.4, 0.5) is 0 Å². The molecule has 0 amide bonds. The molecule has 2 aromatic heterocycles. The Hall–Kier alpha value is -3.73. The number of aromatic hydroxyl groups is 1. The van der Waals surface area contributed by atoms with Gasteiger partial charge < -0.3 is 5.11 Å². The third-order valence-corrected chi connectivity index (χ3v) is 5.02. The van der Waals surface area contributed by atoms with E-state index < -0.39 is 0 Å². The summed E-state index contributed by atoms with van der Waals surface area (Å²) >= 11 is 0. The molecule has 0 unspecified atom stereocenters. The molecule has 4 aromatic rings. The smallest absolute Gasteiger partial charge is 0.266 e. The summed E-state index contributed by atoms with van der Waals surface area (Å²) in [6.07, 6.45) is 5.15. The maximum atomic E-state index is 13.4. The van der Waals surface area contributed by atoms with Gasteiger partial charge in [-0.05, 0) is 62.2 Å². The van der Waals surface area contributed by atoms with Gasteiger partial charge >= 0.3 is 0 Å². The largest absolute Gasteiger partial charge is 0.505 e. The fourth-order valence-corrected chi connectivity index (χ4v) is 3.51. The second kappa shape index (κ2) is 7.36. The lowest BCUT2D eigenvalue weighted by molar-refractivity contribution is 0.466. The van der Waals surface area contributed by atoms with Gasteiger partial charge in [-0.2, -0.15) is 0 Å². The SMILES string of the molecule is Cc1cccc(C)c1-n1c(/C=C/c2ccnc(C)c2O)nc2ccccc2c1=O. The topological polar surface area (TPSA) is 68.0 Å². The van der Waals surface area contributed by atoms with Crippen molar-refractivity contribution in [2.45, 2.75) is 20.8 Å². The monoisotopic (exact) mass is 383 g/mol. The Balaban J connectivity index is 2.01. The van der Waals surface area contributed by atoms with Crippen molar-refractivity contribution in [1.29, 1.82) is 0 Å². The molecule has 0 bridgehead atoms. The Labute approximate surface area is 168 Å². The van der Waals surface area contributed by atoms with Crippen molar-refractivity contribution in [2.24, 2.45) is 0 Å². The first kappa shape index (κ1) is 18.6. The van der Waals surface area contributed by atoms with Gasteiger partial charge in [-0.25, -0.2) is 4.98 Å². The quantitative estimate of drug-likeness (QED) is 0.562. The van der Waals surface area contributed by atoms with Crippen LogP contribution in [0, 0.1) is 20.8 Å². The van der Waals surface area contributed by atoms with Gasteiger partial charge in [-0.3, -0.25) is 14.3 Å². The molecule has 0 fully saturated rings. The highest BCUT2D eigenvalue weighted by Gasteiger charge is 2.14. The fraction of sp³-hybridized carbons (Fsp3) is 0.125. The van der Waals surface area contributed by atoms with E-state index in [0.717, 1.165) is 16.8 Å². The number of pyridine rings is 1. The number of nitrogens with zero attached hydrogens (tertiary/aromatic N) is 3. The first-order valence-corrected chi connectivity index (χ1v) is 9.38. The van der Waals surface area contributed by atoms with Crippen LogP contribution in [0.2, 0.25) is 0 Å². The minimum atomic E-state index is -0.122. The van der Waals surface area contributed by atoms with E-state index in [1.54, 1.807) is 42.0 Å². The molecule has 0 saturated carbocycles. The van der Waals surface area contributed by atoms with Crippen LogP contribution in [0.5, 0.6) is 5.75 Å². The molecule has 0 aliphatic heterocycles. The van der Waals surface area contributed by atoms with Gasteiger partial charge in [0.05, 0.1) is 22.3 Å². The number of aryl methyl sites for hydroxylation is 3. The van der Waals surface area contributed by atoms with Crippen molar-refractivity contribution in [1.82, 2.24) is 14.5 Å². The molecule has 29 heavy (non-hydrogen) atoms. The van der Waals surface area contributed by atoms with Gasteiger partial charge in [0.1, 0.15) is 11.6 Å². The first-order chi connectivity index (χ1) is 14.0. The van der Waals surface area contributed by atoms with Crippen LogP contribution in [0.1, 0.15) is 28.2 Å². The van der Waals surface area contributed by atoms with E-state index in [2.05, 4.69) is 4.98 Å². The summed E-state index contributed by atoms with van der Waals surface area (Å²) in [6.45, 7) is 5.71. The summed E-state index contributed by atoms with van der Waals surface area (Å²) in [7, 11) is 0. The average Bonchev–Trinajstić information content (AvgIpc) is 2.71. The lowest BCUT2D eigenvalue weighted by Crippen LogP contribution is -2.23. The van der Waals surface area contributed by atoms with E-state index in [1.165, 1.54) is 0 Å². The molecule has 2 heterocycles. The number of hydrogen-bond donors (Lipinski definition) is 1. The molecule has 2 aromatic carbocycles. The summed E-state index contributed by atoms with van der Waals surface area (Å²) in [5.74, 6) is 0.616. The Morgan fingerprint density at radius 2 is 1.66 bits per heavy atom. The van der Waals surface area contributed by atoms with Gasteiger partial charge in [-0.1, -0.05) is 30.3 Å². The van der Waals surface area contributed by atoms with Crippen LogP contribution in [0.15, 0.2) is 59.5 Å². The molecular formula is C24H21N3O2. The molecule has 5 heteroatoms. The Kier molecular flexibility index (Phi) is 4.72. The average molecular weight is 383 g/mol. The number of benzene rings is 2. The van der Waals surface area contributed by atoms with Gasteiger partial charge in [-0.15, -0.1) is 0 Å². The zero-order valence-corrected chi connectivity index (χ0v) is 16.5. The number of hydrogen-bond acceptors (Lipinski definition) is 4. The summed E-state index contributed by atoms with van der Waals surface area (Å²) in [4.78, 5) is 22.2. The molecule has 0 aliphatic carbocycles. The van der Waals surface area contributed by atoms with Crippen LogP contribution in [0.3, 0.4) is 0 Å². The molecule has 0 atom stereocenters. The molecule has 0 radical (unpaired) electrons. The Morgan fingerprint density at radius 1 is 0.931 bits per heavy atom. The van der Waals surface area contributed by atoms with Gasteiger partial charge in [0, 0.05) is 11.8 Å². The summed E-state index contributed by atoms with van der Waals surface area (Å²) in [6, 6.07) is 15.0. The van der Waals surface area contributed by atoms with Gasteiger partial charge in [0.2, 0.25) is 0 Å². The highest BCUT2D eigenvalue weighted by molar-refractivity contribution is 5.80. The third-order valence-electron chi connectivity index (χ3n) is 5.02. The van der Waals surface area contributed by atoms with E-state index >= 15 is 0 Å². The second-order valence-electron chi connectivity index (χ2n) is 7.04. The standard InChI is InChI=1S/C24H21N3O2/c1-15-7-6-8-16(2)22(15)27-21(12-11-18-13-14-25-17(3)23(18)28)26-20-10-5-4-9-19(20)24(27)29/h4-14,28H,1-3H3/b12-11+. The molecule has 4 rings (SSSR count). The van der Waals surface area contributed by atoms with Crippen molar-refractivity contribution in [3.05, 3.63) is 93.3 Å². The predicted octanol–water partition coefficient (Wildman–Crippen LogP) is 4.58. The van der Waals surface area contributed by atoms with Crippen molar-refractivity contribution < 1.29 is 5.11 Å². The van der Waals surface area contributed by atoms with E-state index in [-0.39, 0.29) is 11.3 Å². The molecule has 1 N–H and O–H groups in total. The van der Waals surface area contributed by atoms with Crippen LogP contribution in [-0.4, -0.2) is 19.6 Å². The predicted molar refractivity (Wildman–Crippen MR) is 116 cm³/mol. The summed E-state index contributed by atoms with van der Waals surface area (Å²) in [5.41, 5.74) is 4.48. The lowest BCUT2D eigenvalue weighted by atomic mass is 10.1. The van der Waals surface area contributed by atoms with Gasteiger partial charge in [0.15, 0.2) is 0 Å². The van der Waals surface area contributed by atoms with Crippen molar-refractivity contribution in [2.75, 3.05) is 0 Å². The minimum Gasteiger partial charge on any atom is -0.505 e. The zero-order valence-electron chi connectivity index (χ0n) is 16.5. The number of rotatable bonds is 3. The Bertz CT molecular complexity index is 1300. The number of para-hydroxylation sites is 2. The van der Waals surface area contributed by atoms with E-state index in [9.17, 15) is 9.90 Å². The third kappa shape index (κ3) is 3.31. The van der Waals surface area contributed by atoms with E-state index in [0.29, 0.717) is 28.0 Å². The highest BCUT2D eigenvalue weighted by atomic mass is 16.3. The minimum absolute atomic E-state index is 0.116. The maximum Gasteiger partial charge on any atom is 0.266 e. The molecular weight excluding hydrogens is 362 g/mol. The van der Waals surface area contributed by atoms with Crippen LogP contribution in [0.25, 0.3) is 28.7 Å². The highest BCUT2D eigenvalue weighted by Crippen LogP contribution is 2.24. The molecule has 0 spiro atoms. The summed E-state index contributed by atoms with van der Waals surface area (Å²) in [5, 5.41) is 10.8. The first-order valence-electron chi connectivity index (χ1n) is 9.38. The Morgan fingerprint density at radius 3 is 2.41 bits per heavy atom. The molecule has 0 aliphatic rings. The second-order valence-corrected chi connectivity index (χ2v) is 7.04. The van der Waals surface area contributed by atoms with Crippen molar-refractivity contribution in [3.63, 3.8) is 0 Å². The van der Waals surface area contributed by atoms with Crippen LogP contribution >= 0.6 is 0 Å². The molecule has 5 nitrogen and oxygen atoms in total. The maximum absolute atomic E-state index is 13.4. The normalized spacial score (nSPS) is 11.4. The van der Waals surface area contributed by atoms with Crippen LogP contribution in [-0.2, 0) is 0 Å². The molecule has 0 saturated heterocycles. The van der Waals surface area contributed by atoms with Crippen molar-refractivity contribution in [3.8, 4) is 11.4 Å². The van der Waals surface area contributed by atoms with E-state index in [4.69, 9.17) is 4.98 Å². The number of fused-ring (bicyclic) bond motifs is 1. The summed E-state index contributed by atoms with van der Waals surface area (Å²) < 4.78 is 1.65.